The first-order chi connectivity index (χ1) is 17.8. The predicted octanol–water partition coefficient (Wildman–Crippen LogP) is 7.75. The Morgan fingerprint density at radius 2 is 0.667 bits per heavy atom. The monoisotopic (exact) mass is 456 g/mol. The van der Waals surface area contributed by atoms with E-state index < -0.39 is 0 Å². The normalized spacial score (nSPS) is 13.3. The number of hydrogen-bond donors (Lipinski definition) is 0. The van der Waals surface area contributed by atoms with E-state index in [0.29, 0.717) is 11.1 Å². The molecule has 0 bridgehead atoms. The van der Waals surface area contributed by atoms with Crippen molar-refractivity contribution in [3.8, 4) is 34.4 Å². The van der Waals surface area contributed by atoms with Crippen molar-refractivity contribution in [3.63, 3.8) is 0 Å². The summed E-state index contributed by atoms with van der Waals surface area (Å²) in [6, 6.07) is 42.8. The van der Waals surface area contributed by atoms with Gasteiger partial charge in [0, 0.05) is 11.8 Å². The third-order valence-corrected chi connectivity index (χ3v) is 7.75. The fourth-order valence-corrected chi connectivity index (χ4v) is 6.30. The lowest BCUT2D eigenvalue weighted by atomic mass is 9.78. The highest BCUT2D eigenvalue weighted by molar-refractivity contribution is 5.84. The molecule has 0 aliphatic heterocycles. The van der Waals surface area contributed by atoms with E-state index in [2.05, 4.69) is 109 Å². The molecule has 0 unspecified atom stereocenters. The van der Waals surface area contributed by atoms with Gasteiger partial charge in [-0.25, -0.2) is 0 Å². The van der Waals surface area contributed by atoms with E-state index in [1.165, 1.54) is 44.5 Å². The van der Waals surface area contributed by atoms with Gasteiger partial charge < -0.3 is 0 Å². The highest BCUT2D eigenvalue weighted by Gasteiger charge is 2.36. The van der Waals surface area contributed by atoms with Crippen LogP contribution < -0.4 is 0 Å². The second kappa shape index (κ2) is 7.81. The Morgan fingerprint density at radius 3 is 0.944 bits per heavy atom. The van der Waals surface area contributed by atoms with E-state index in [4.69, 9.17) is 0 Å². The largest absolute Gasteiger partial charge is 0.192 e. The molecular weight excluding hydrogens is 436 g/mol. The summed E-state index contributed by atoms with van der Waals surface area (Å²) in [7, 11) is 0. The van der Waals surface area contributed by atoms with E-state index in [-0.39, 0.29) is 11.8 Å². The second-order valence-electron chi connectivity index (χ2n) is 9.47. The van der Waals surface area contributed by atoms with Gasteiger partial charge in [0.2, 0.25) is 0 Å². The first kappa shape index (κ1) is 20.5. The van der Waals surface area contributed by atoms with Crippen LogP contribution in [0.25, 0.3) is 22.3 Å². The van der Waals surface area contributed by atoms with Gasteiger partial charge in [-0.3, -0.25) is 0 Å². The van der Waals surface area contributed by atoms with Crippen molar-refractivity contribution < 1.29 is 0 Å². The fourth-order valence-electron chi connectivity index (χ4n) is 6.30. The third kappa shape index (κ3) is 2.76. The van der Waals surface area contributed by atoms with Gasteiger partial charge in [0.25, 0.3) is 0 Å². The third-order valence-electron chi connectivity index (χ3n) is 7.75. The Bertz CT molecular complexity index is 1560. The molecule has 0 atom stereocenters. The zero-order valence-electron chi connectivity index (χ0n) is 19.4. The summed E-state index contributed by atoms with van der Waals surface area (Å²) in [5.74, 6) is -0.0145. The Balaban J connectivity index is 1.57. The Labute approximate surface area is 210 Å². The minimum absolute atomic E-state index is 0.00725. The van der Waals surface area contributed by atoms with Crippen molar-refractivity contribution in [3.05, 3.63) is 154 Å². The molecule has 7 rings (SSSR count). The number of hydrogen-bond acceptors (Lipinski definition) is 2. The summed E-state index contributed by atoms with van der Waals surface area (Å²) in [6.07, 6.45) is 0. The van der Waals surface area contributed by atoms with Gasteiger partial charge in [0.15, 0.2) is 0 Å². The minimum atomic E-state index is -0.00725. The maximum Gasteiger partial charge on any atom is 0.101 e. The highest BCUT2D eigenvalue weighted by Crippen LogP contribution is 2.54. The first-order valence-corrected chi connectivity index (χ1v) is 12.1. The molecule has 5 aromatic carbocycles. The standard InChI is InChI=1S/C34H20N2/c35-19-21-17-31(33-27-13-5-1-9-23(27)24-10-2-6-14-28(24)33)32(18-22(21)20-36)34-29-15-7-3-11-25(29)26-12-4-8-16-30(26)34/h1-18,33-34H. The quantitative estimate of drug-likeness (QED) is 0.267. The topological polar surface area (TPSA) is 47.6 Å². The van der Waals surface area contributed by atoms with Crippen LogP contribution in [0.4, 0.5) is 0 Å². The van der Waals surface area contributed by atoms with E-state index in [0.717, 1.165) is 11.1 Å². The van der Waals surface area contributed by atoms with Gasteiger partial charge in [-0.2, -0.15) is 10.5 Å². The van der Waals surface area contributed by atoms with Crippen molar-refractivity contribution in [1.82, 2.24) is 0 Å². The van der Waals surface area contributed by atoms with Crippen LogP contribution in [-0.4, -0.2) is 0 Å². The lowest BCUT2D eigenvalue weighted by Gasteiger charge is -2.24. The molecule has 0 fully saturated rings. The molecular formula is C34H20N2. The van der Waals surface area contributed by atoms with Crippen LogP contribution in [0.1, 0.15) is 56.3 Å². The zero-order valence-corrected chi connectivity index (χ0v) is 19.4. The molecule has 2 aliphatic rings. The van der Waals surface area contributed by atoms with Crippen molar-refractivity contribution >= 4 is 0 Å². The molecule has 0 heterocycles. The molecule has 2 nitrogen and oxygen atoms in total. The van der Waals surface area contributed by atoms with Gasteiger partial charge in [0.05, 0.1) is 11.1 Å². The lowest BCUT2D eigenvalue weighted by Crippen LogP contribution is -2.10. The Morgan fingerprint density at radius 1 is 0.389 bits per heavy atom. The van der Waals surface area contributed by atoms with Crippen molar-refractivity contribution in [2.24, 2.45) is 0 Å². The van der Waals surface area contributed by atoms with E-state index in [1.54, 1.807) is 0 Å². The molecule has 0 saturated heterocycles. The van der Waals surface area contributed by atoms with Crippen LogP contribution in [0, 0.1) is 22.7 Å². The van der Waals surface area contributed by atoms with Gasteiger partial charge >= 0.3 is 0 Å². The molecule has 0 radical (unpaired) electrons. The molecule has 2 heteroatoms. The smallest absolute Gasteiger partial charge is 0.101 e. The predicted molar refractivity (Wildman–Crippen MR) is 142 cm³/mol. The van der Waals surface area contributed by atoms with Crippen LogP contribution >= 0.6 is 0 Å². The molecule has 0 amide bonds. The second-order valence-corrected chi connectivity index (χ2v) is 9.47. The molecule has 2 aliphatic carbocycles. The molecule has 0 aromatic heterocycles. The minimum Gasteiger partial charge on any atom is -0.192 e. The maximum absolute atomic E-state index is 9.98. The maximum atomic E-state index is 9.98. The first-order valence-electron chi connectivity index (χ1n) is 12.1. The van der Waals surface area contributed by atoms with E-state index in [1.807, 2.05) is 12.1 Å². The summed E-state index contributed by atoms with van der Waals surface area (Å²) >= 11 is 0. The SMILES string of the molecule is N#Cc1cc(C2c3ccccc3-c3ccccc32)c(C2c3ccccc3-c3ccccc32)cc1C#N. The Kier molecular flexibility index (Phi) is 4.44. The van der Waals surface area contributed by atoms with E-state index in [9.17, 15) is 10.5 Å². The number of rotatable bonds is 2. The molecule has 166 valence electrons. The number of fused-ring (bicyclic) bond motifs is 6. The van der Waals surface area contributed by atoms with Crippen LogP contribution in [0.2, 0.25) is 0 Å². The summed E-state index contributed by atoms with van der Waals surface area (Å²) in [4.78, 5) is 0. The van der Waals surface area contributed by atoms with Crippen LogP contribution in [0.3, 0.4) is 0 Å². The molecule has 5 aromatic rings. The summed E-state index contributed by atoms with van der Waals surface area (Å²) in [6.45, 7) is 0. The number of benzene rings is 5. The van der Waals surface area contributed by atoms with Crippen LogP contribution in [0.5, 0.6) is 0 Å². The van der Waals surface area contributed by atoms with Crippen molar-refractivity contribution in [2.75, 3.05) is 0 Å². The summed E-state index contributed by atoms with van der Waals surface area (Å²) < 4.78 is 0. The number of nitrogens with zero attached hydrogens (tertiary/aromatic N) is 2. The zero-order chi connectivity index (χ0) is 24.2. The molecule has 0 spiro atoms. The van der Waals surface area contributed by atoms with Crippen molar-refractivity contribution in [1.29, 1.82) is 10.5 Å². The van der Waals surface area contributed by atoms with Crippen LogP contribution in [-0.2, 0) is 0 Å². The highest BCUT2D eigenvalue weighted by atomic mass is 14.4. The summed E-state index contributed by atoms with van der Waals surface area (Å²) in [5.41, 5.74) is 13.0. The average Bonchev–Trinajstić information content (AvgIpc) is 3.45. The van der Waals surface area contributed by atoms with E-state index >= 15 is 0 Å². The Hall–Kier alpha value is -4.92. The van der Waals surface area contributed by atoms with Gasteiger partial charge in [-0.05, 0) is 67.8 Å². The fraction of sp³-hybridized carbons (Fsp3) is 0.0588. The van der Waals surface area contributed by atoms with Crippen LogP contribution in [0.15, 0.2) is 109 Å². The van der Waals surface area contributed by atoms with Gasteiger partial charge in [0.1, 0.15) is 12.1 Å². The van der Waals surface area contributed by atoms with Gasteiger partial charge in [-0.15, -0.1) is 0 Å². The van der Waals surface area contributed by atoms with Crippen molar-refractivity contribution in [2.45, 2.75) is 11.8 Å². The lowest BCUT2D eigenvalue weighted by molar-refractivity contribution is 0.923. The average molecular weight is 457 g/mol. The molecule has 36 heavy (non-hydrogen) atoms. The molecule has 0 N–H and O–H groups in total. The summed E-state index contributed by atoms with van der Waals surface area (Å²) in [5, 5.41) is 20.0. The van der Waals surface area contributed by atoms with Gasteiger partial charge in [-0.1, -0.05) is 97.1 Å². The number of nitriles is 2. The molecule has 0 saturated carbocycles.